The molecule has 0 spiro atoms. The van der Waals surface area contributed by atoms with Crippen LogP contribution in [-0.4, -0.2) is 52.1 Å². The lowest BCUT2D eigenvalue weighted by Gasteiger charge is -2.09. The van der Waals surface area contributed by atoms with Crippen molar-refractivity contribution in [3.8, 4) is 16.8 Å². The molecule has 0 aliphatic heterocycles. The van der Waals surface area contributed by atoms with E-state index in [0.29, 0.717) is 39.7 Å². The SMILES string of the molecule is Cc1[nH]ncc1-c1ccn2ncc(C(=O)Nc3cc(-n4nnc([C@H]5C[C@@H]5F)n4)ccc3Cl)c2c1. The minimum Gasteiger partial charge on any atom is -0.320 e. The van der Waals surface area contributed by atoms with Crippen LogP contribution in [0.25, 0.3) is 22.3 Å². The standard InChI is InChI=1S/C22H17ClFN9O/c1-11-15(9-25-28-11)12-4-5-32-20(6-12)16(10-26-32)22(34)27-19-7-13(2-3-17(19)23)33-30-21(29-31-33)14-8-18(14)24/h2-7,9-10,14,18H,8H2,1H3,(H,25,28)(H,27,34)/t14-,18-/m0/s1. The highest BCUT2D eigenvalue weighted by Crippen LogP contribution is 2.41. The Hall–Kier alpha value is -4.12. The Morgan fingerprint density at radius 3 is 2.88 bits per heavy atom. The minimum absolute atomic E-state index is 0.299. The van der Waals surface area contributed by atoms with E-state index in [2.05, 4.69) is 36.0 Å². The fourth-order valence-electron chi connectivity index (χ4n) is 3.80. The van der Waals surface area contributed by atoms with E-state index in [9.17, 15) is 9.18 Å². The van der Waals surface area contributed by atoms with Gasteiger partial charge in [-0.05, 0) is 54.5 Å². The smallest absolute Gasteiger partial charge is 0.259 e. The van der Waals surface area contributed by atoms with Crippen LogP contribution >= 0.6 is 11.6 Å². The minimum atomic E-state index is -0.915. The van der Waals surface area contributed by atoms with E-state index < -0.39 is 6.17 Å². The number of aromatic nitrogens is 8. The normalized spacial score (nSPS) is 17.3. The molecule has 6 rings (SSSR count). The monoisotopic (exact) mass is 477 g/mol. The molecule has 4 aromatic heterocycles. The molecular weight excluding hydrogens is 461 g/mol. The Labute approximate surface area is 196 Å². The van der Waals surface area contributed by atoms with Crippen LogP contribution in [0.4, 0.5) is 10.1 Å². The van der Waals surface area contributed by atoms with Crippen LogP contribution in [0.2, 0.25) is 5.02 Å². The van der Waals surface area contributed by atoms with E-state index in [1.54, 1.807) is 35.1 Å². The molecule has 1 aliphatic carbocycles. The van der Waals surface area contributed by atoms with Crippen LogP contribution in [-0.2, 0) is 0 Å². The number of amides is 1. The Balaban J connectivity index is 1.30. The number of H-pyrrole nitrogens is 1. The number of anilines is 1. The summed E-state index contributed by atoms with van der Waals surface area (Å²) in [6, 6.07) is 8.75. The maximum Gasteiger partial charge on any atom is 0.259 e. The topological polar surface area (TPSA) is 119 Å². The van der Waals surface area contributed by atoms with E-state index in [-0.39, 0.29) is 11.8 Å². The van der Waals surface area contributed by atoms with Gasteiger partial charge >= 0.3 is 0 Å². The van der Waals surface area contributed by atoms with Gasteiger partial charge in [-0.2, -0.15) is 10.2 Å². The second kappa shape index (κ2) is 7.73. The van der Waals surface area contributed by atoms with Gasteiger partial charge in [0.2, 0.25) is 0 Å². The lowest BCUT2D eigenvalue weighted by Crippen LogP contribution is -2.12. The first-order chi connectivity index (χ1) is 16.5. The highest BCUT2D eigenvalue weighted by Gasteiger charge is 2.42. The first-order valence-corrected chi connectivity index (χ1v) is 10.9. The molecule has 1 fully saturated rings. The number of aromatic amines is 1. The zero-order valence-electron chi connectivity index (χ0n) is 17.8. The van der Waals surface area contributed by atoms with Crippen molar-refractivity contribution in [1.29, 1.82) is 0 Å². The van der Waals surface area contributed by atoms with Gasteiger partial charge in [0, 0.05) is 17.5 Å². The molecule has 34 heavy (non-hydrogen) atoms. The summed E-state index contributed by atoms with van der Waals surface area (Å²) in [6.07, 6.45) is 4.53. The largest absolute Gasteiger partial charge is 0.320 e. The molecule has 2 N–H and O–H groups in total. The average molecular weight is 478 g/mol. The van der Waals surface area contributed by atoms with Crippen LogP contribution in [0, 0.1) is 6.92 Å². The van der Waals surface area contributed by atoms with Gasteiger partial charge in [0.1, 0.15) is 6.17 Å². The first-order valence-electron chi connectivity index (χ1n) is 10.5. The van der Waals surface area contributed by atoms with Crippen molar-refractivity contribution in [2.45, 2.75) is 25.4 Å². The summed E-state index contributed by atoms with van der Waals surface area (Å²) in [6.45, 7) is 1.93. The summed E-state index contributed by atoms with van der Waals surface area (Å²) < 4.78 is 14.9. The number of rotatable bonds is 5. The molecule has 12 heteroatoms. The van der Waals surface area contributed by atoms with E-state index >= 15 is 0 Å². The number of tetrazole rings is 1. The van der Waals surface area contributed by atoms with E-state index in [1.807, 2.05) is 19.1 Å². The van der Waals surface area contributed by atoms with E-state index in [0.717, 1.165) is 16.8 Å². The molecule has 2 atom stereocenters. The zero-order chi connectivity index (χ0) is 23.4. The number of hydrogen-bond donors (Lipinski definition) is 2. The number of alkyl halides is 1. The molecule has 0 bridgehead atoms. The maximum absolute atomic E-state index is 13.3. The number of pyridine rings is 1. The second-order valence-corrected chi connectivity index (χ2v) is 8.53. The quantitative estimate of drug-likeness (QED) is 0.398. The van der Waals surface area contributed by atoms with Crippen molar-refractivity contribution >= 4 is 28.7 Å². The number of hydrogen-bond acceptors (Lipinski definition) is 6. The summed E-state index contributed by atoms with van der Waals surface area (Å²) in [5.74, 6) is -0.310. The van der Waals surface area contributed by atoms with Gasteiger partial charge in [-0.25, -0.2) is 8.91 Å². The molecule has 1 aromatic carbocycles. The summed E-state index contributed by atoms with van der Waals surface area (Å²) >= 11 is 6.34. The number of nitrogens with zero attached hydrogens (tertiary/aromatic N) is 7. The van der Waals surface area contributed by atoms with Crippen LogP contribution < -0.4 is 5.32 Å². The summed E-state index contributed by atoms with van der Waals surface area (Å²) in [7, 11) is 0. The molecule has 0 radical (unpaired) electrons. The van der Waals surface area contributed by atoms with Gasteiger partial charge in [0.25, 0.3) is 5.91 Å². The highest BCUT2D eigenvalue weighted by molar-refractivity contribution is 6.34. The molecule has 0 unspecified atom stereocenters. The molecule has 0 saturated heterocycles. The van der Waals surface area contributed by atoms with Crippen molar-refractivity contribution in [1.82, 2.24) is 40.0 Å². The highest BCUT2D eigenvalue weighted by atomic mass is 35.5. The fraction of sp³-hybridized carbons (Fsp3) is 0.182. The van der Waals surface area contributed by atoms with Gasteiger partial charge in [0.15, 0.2) is 5.82 Å². The predicted molar refractivity (Wildman–Crippen MR) is 122 cm³/mol. The van der Waals surface area contributed by atoms with Crippen molar-refractivity contribution in [2.75, 3.05) is 5.32 Å². The Kier molecular flexibility index (Phi) is 4.66. The van der Waals surface area contributed by atoms with Gasteiger partial charge in [-0.3, -0.25) is 9.89 Å². The van der Waals surface area contributed by atoms with Crippen molar-refractivity contribution in [2.24, 2.45) is 0 Å². The van der Waals surface area contributed by atoms with Crippen LogP contribution in [0.1, 0.15) is 34.2 Å². The van der Waals surface area contributed by atoms with Crippen LogP contribution in [0.3, 0.4) is 0 Å². The Morgan fingerprint density at radius 1 is 1.26 bits per heavy atom. The van der Waals surface area contributed by atoms with Crippen molar-refractivity contribution in [3.05, 3.63) is 71.0 Å². The summed E-state index contributed by atoms with van der Waals surface area (Å²) in [4.78, 5) is 14.5. The zero-order valence-corrected chi connectivity index (χ0v) is 18.5. The number of nitrogens with one attached hydrogen (secondary N) is 2. The third-order valence-electron chi connectivity index (χ3n) is 5.81. The Bertz CT molecular complexity index is 1560. The van der Waals surface area contributed by atoms with Gasteiger partial charge in [-0.1, -0.05) is 11.6 Å². The second-order valence-electron chi connectivity index (χ2n) is 8.13. The lowest BCUT2D eigenvalue weighted by atomic mass is 10.1. The third kappa shape index (κ3) is 3.50. The Morgan fingerprint density at radius 2 is 2.12 bits per heavy atom. The van der Waals surface area contributed by atoms with E-state index in [1.165, 1.54) is 11.0 Å². The number of benzene rings is 1. The molecule has 1 aliphatic rings. The van der Waals surface area contributed by atoms with Crippen LogP contribution in [0.15, 0.2) is 48.9 Å². The number of fused-ring (bicyclic) bond motifs is 1. The molecule has 5 aromatic rings. The van der Waals surface area contributed by atoms with Crippen LogP contribution in [0.5, 0.6) is 0 Å². The van der Waals surface area contributed by atoms with Crippen molar-refractivity contribution < 1.29 is 9.18 Å². The number of aryl methyl sites for hydroxylation is 1. The third-order valence-corrected chi connectivity index (χ3v) is 6.14. The lowest BCUT2D eigenvalue weighted by molar-refractivity contribution is 0.102. The predicted octanol–water partition coefficient (Wildman–Crippen LogP) is 3.74. The first kappa shape index (κ1) is 20.5. The van der Waals surface area contributed by atoms with Gasteiger partial charge in [0.05, 0.1) is 45.8 Å². The van der Waals surface area contributed by atoms with Gasteiger partial charge < -0.3 is 5.32 Å². The molecule has 4 heterocycles. The maximum atomic E-state index is 13.3. The summed E-state index contributed by atoms with van der Waals surface area (Å²) in [5.41, 5.74) is 4.70. The van der Waals surface area contributed by atoms with Crippen molar-refractivity contribution in [3.63, 3.8) is 0 Å². The van der Waals surface area contributed by atoms with E-state index in [4.69, 9.17) is 11.6 Å². The number of halogens is 2. The average Bonchev–Trinajstić information content (AvgIpc) is 3.25. The fourth-order valence-corrected chi connectivity index (χ4v) is 3.97. The summed E-state index contributed by atoms with van der Waals surface area (Å²) in [5, 5.41) is 26.6. The molecule has 170 valence electrons. The van der Waals surface area contributed by atoms with Gasteiger partial charge in [-0.15, -0.1) is 15.0 Å². The number of carbonyl (C=O) groups is 1. The molecule has 1 amide bonds. The molecule has 10 nitrogen and oxygen atoms in total. The molecule has 1 saturated carbocycles. The molecular formula is C22H17ClFN9O. The number of carbonyl (C=O) groups excluding carboxylic acids is 1.